The smallest absolute Gasteiger partial charge is 0.308 e. The number of carbonyl (C=O) groups is 4. The Hall–Kier alpha value is -2.12. The van der Waals surface area contributed by atoms with Crippen LogP contribution in [0, 0.1) is 5.92 Å². The summed E-state index contributed by atoms with van der Waals surface area (Å²) in [6, 6.07) is -1.63. The van der Waals surface area contributed by atoms with E-state index in [-0.39, 0.29) is 25.4 Å². The molecule has 21 heavy (non-hydrogen) atoms. The van der Waals surface area contributed by atoms with Crippen LogP contribution in [0.25, 0.3) is 0 Å². The van der Waals surface area contributed by atoms with Crippen molar-refractivity contribution in [1.82, 2.24) is 10.6 Å². The second kappa shape index (κ2) is 7.61. The second-order valence-corrected chi connectivity index (χ2v) is 5.01. The summed E-state index contributed by atoms with van der Waals surface area (Å²) in [5, 5.41) is 4.97. The van der Waals surface area contributed by atoms with Crippen molar-refractivity contribution < 1.29 is 23.9 Å². The van der Waals surface area contributed by atoms with Crippen LogP contribution in [-0.4, -0.2) is 42.4 Å². The van der Waals surface area contributed by atoms with Gasteiger partial charge in [-0.05, 0) is 19.8 Å². The molecule has 0 saturated carbocycles. The molecule has 0 aromatic heterocycles. The van der Waals surface area contributed by atoms with Crippen LogP contribution in [0.4, 0.5) is 0 Å². The minimum atomic E-state index is -0.977. The summed E-state index contributed by atoms with van der Waals surface area (Å²) >= 11 is 0. The fourth-order valence-electron chi connectivity index (χ4n) is 2.06. The summed E-state index contributed by atoms with van der Waals surface area (Å²) in [7, 11) is 0. The highest BCUT2D eigenvalue weighted by Gasteiger charge is 2.31. The van der Waals surface area contributed by atoms with Crippen LogP contribution < -0.4 is 16.4 Å². The van der Waals surface area contributed by atoms with Gasteiger partial charge in [-0.25, -0.2) is 0 Å². The molecule has 0 aromatic rings. The molecule has 0 spiro atoms. The van der Waals surface area contributed by atoms with Crippen LogP contribution in [-0.2, 0) is 23.9 Å². The van der Waals surface area contributed by atoms with E-state index in [9.17, 15) is 19.2 Å². The molecular weight excluding hydrogens is 278 g/mol. The van der Waals surface area contributed by atoms with Crippen LogP contribution in [0.3, 0.4) is 0 Å². The SMILES string of the molecule is CCOC(=O)[C@@H](C)C[C@@H](NC(=O)[C@@H]1CCC(=O)N1)C(N)=O. The number of carbonyl (C=O) groups excluding carboxylic acids is 4. The van der Waals surface area contributed by atoms with Gasteiger partial charge in [0, 0.05) is 6.42 Å². The Morgan fingerprint density at radius 3 is 2.62 bits per heavy atom. The van der Waals surface area contributed by atoms with Crippen molar-refractivity contribution in [1.29, 1.82) is 0 Å². The third-order valence-electron chi connectivity index (χ3n) is 3.25. The number of nitrogens with one attached hydrogen (secondary N) is 2. The van der Waals surface area contributed by atoms with Crippen molar-refractivity contribution in [2.24, 2.45) is 11.7 Å². The second-order valence-electron chi connectivity index (χ2n) is 5.01. The van der Waals surface area contributed by atoms with Crippen molar-refractivity contribution in [3.05, 3.63) is 0 Å². The first-order valence-corrected chi connectivity index (χ1v) is 6.90. The molecular formula is C13H21N3O5. The van der Waals surface area contributed by atoms with E-state index in [2.05, 4.69) is 10.6 Å². The van der Waals surface area contributed by atoms with E-state index < -0.39 is 35.8 Å². The lowest BCUT2D eigenvalue weighted by molar-refractivity contribution is -0.148. The first kappa shape index (κ1) is 16.9. The van der Waals surface area contributed by atoms with E-state index in [1.54, 1.807) is 13.8 Å². The maximum absolute atomic E-state index is 11.9. The molecule has 3 atom stereocenters. The monoisotopic (exact) mass is 299 g/mol. The summed E-state index contributed by atoms with van der Waals surface area (Å²) in [4.78, 5) is 45.9. The number of primary amides is 1. The molecule has 1 fully saturated rings. The van der Waals surface area contributed by atoms with Gasteiger partial charge >= 0.3 is 5.97 Å². The van der Waals surface area contributed by atoms with Crippen molar-refractivity contribution in [2.45, 2.75) is 45.2 Å². The predicted octanol–water partition coefficient (Wildman–Crippen LogP) is -1.18. The standard InChI is InChI=1S/C13H21N3O5/c1-3-21-13(20)7(2)6-9(11(14)18)16-12(19)8-4-5-10(17)15-8/h7-9H,3-6H2,1-2H3,(H2,14,18)(H,15,17)(H,16,19)/t7-,8-,9+/m0/s1. The molecule has 8 nitrogen and oxygen atoms in total. The predicted molar refractivity (Wildman–Crippen MR) is 72.7 cm³/mol. The fourth-order valence-corrected chi connectivity index (χ4v) is 2.06. The lowest BCUT2D eigenvalue weighted by atomic mass is 10.0. The zero-order valence-electron chi connectivity index (χ0n) is 12.2. The third-order valence-corrected chi connectivity index (χ3v) is 3.25. The number of esters is 1. The van der Waals surface area contributed by atoms with Crippen molar-refractivity contribution in [2.75, 3.05) is 6.61 Å². The quantitative estimate of drug-likeness (QED) is 0.510. The minimum absolute atomic E-state index is 0.0561. The maximum atomic E-state index is 11.9. The lowest BCUT2D eigenvalue weighted by Gasteiger charge is -2.20. The zero-order chi connectivity index (χ0) is 16.0. The molecule has 0 aromatic carbocycles. The number of rotatable bonds is 7. The molecule has 0 radical (unpaired) electrons. The van der Waals surface area contributed by atoms with Gasteiger partial charge in [0.2, 0.25) is 17.7 Å². The van der Waals surface area contributed by atoms with Gasteiger partial charge in [-0.1, -0.05) is 6.92 Å². The molecule has 1 aliphatic heterocycles. The van der Waals surface area contributed by atoms with Gasteiger partial charge in [0.25, 0.3) is 0 Å². The van der Waals surface area contributed by atoms with E-state index in [0.29, 0.717) is 6.42 Å². The molecule has 3 amide bonds. The molecule has 4 N–H and O–H groups in total. The van der Waals surface area contributed by atoms with Gasteiger partial charge in [0.05, 0.1) is 12.5 Å². The van der Waals surface area contributed by atoms with E-state index >= 15 is 0 Å². The molecule has 0 aliphatic carbocycles. The highest BCUT2D eigenvalue weighted by Crippen LogP contribution is 2.11. The molecule has 1 heterocycles. The summed E-state index contributed by atoms with van der Waals surface area (Å²) in [5.74, 6) is -2.43. The van der Waals surface area contributed by atoms with Crippen LogP contribution in [0.5, 0.6) is 0 Å². The van der Waals surface area contributed by atoms with E-state index in [4.69, 9.17) is 10.5 Å². The molecule has 0 unspecified atom stereocenters. The number of hydrogen-bond donors (Lipinski definition) is 3. The Kier molecular flexibility index (Phi) is 6.13. The van der Waals surface area contributed by atoms with E-state index in [1.165, 1.54) is 0 Å². The summed E-state index contributed by atoms with van der Waals surface area (Å²) in [6.07, 6.45) is 0.711. The number of hydrogen-bond acceptors (Lipinski definition) is 5. The molecule has 1 aliphatic rings. The van der Waals surface area contributed by atoms with Gasteiger partial charge in [-0.15, -0.1) is 0 Å². The van der Waals surface area contributed by atoms with Gasteiger partial charge in [0.15, 0.2) is 0 Å². The highest BCUT2D eigenvalue weighted by molar-refractivity contribution is 5.93. The summed E-state index contributed by atoms with van der Waals surface area (Å²) < 4.78 is 4.84. The lowest BCUT2D eigenvalue weighted by Crippen LogP contribution is -2.51. The number of ether oxygens (including phenoxy) is 1. The van der Waals surface area contributed by atoms with Gasteiger partial charge in [-0.3, -0.25) is 19.2 Å². The summed E-state index contributed by atoms with van der Waals surface area (Å²) in [5.41, 5.74) is 5.24. The first-order chi connectivity index (χ1) is 9.85. The van der Waals surface area contributed by atoms with Gasteiger partial charge < -0.3 is 21.1 Å². The molecule has 8 heteroatoms. The average Bonchev–Trinajstić information content (AvgIpc) is 2.84. The van der Waals surface area contributed by atoms with Crippen LogP contribution in [0.2, 0.25) is 0 Å². The first-order valence-electron chi connectivity index (χ1n) is 6.90. The maximum Gasteiger partial charge on any atom is 0.308 e. The Morgan fingerprint density at radius 1 is 1.48 bits per heavy atom. The van der Waals surface area contributed by atoms with Crippen molar-refractivity contribution in [3.8, 4) is 0 Å². The zero-order valence-corrected chi connectivity index (χ0v) is 12.2. The number of nitrogens with two attached hydrogens (primary N) is 1. The highest BCUT2D eigenvalue weighted by atomic mass is 16.5. The van der Waals surface area contributed by atoms with Crippen LogP contribution in [0.1, 0.15) is 33.1 Å². The Morgan fingerprint density at radius 2 is 2.14 bits per heavy atom. The number of amides is 3. The minimum Gasteiger partial charge on any atom is -0.466 e. The largest absolute Gasteiger partial charge is 0.466 e. The van der Waals surface area contributed by atoms with Crippen LogP contribution >= 0.6 is 0 Å². The van der Waals surface area contributed by atoms with Gasteiger partial charge in [0.1, 0.15) is 12.1 Å². The Bertz CT molecular complexity index is 438. The van der Waals surface area contributed by atoms with Crippen LogP contribution in [0.15, 0.2) is 0 Å². The topological polar surface area (TPSA) is 128 Å². The van der Waals surface area contributed by atoms with Crippen molar-refractivity contribution >= 4 is 23.7 Å². The normalized spacial score (nSPS) is 20.3. The third kappa shape index (κ3) is 5.05. The molecule has 1 saturated heterocycles. The average molecular weight is 299 g/mol. The molecule has 1 rings (SSSR count). The van der Waals surface area contributed by atoms with Gasteiger partial charge in [-0.2, -0.15) is 0 Å². The van der Waals surface area contributed by atoms with Crippen molar-refractivity contribution in [3.63, 3.8) is 0 Å². The molecule has 0 bridgehead atoms. The summed E-state index contributed by atoms with van der Waals surface area (Å²) in [6.45, 7) is 3.52. The van der Waals surface area contributed by atoms with E-state index in [1.807, 2.05) is 0 Å². The Balaban J connectivity index is 2.57. The fraction of sp³-hybridized carbons (Fsp3) is 0.692. The molecule has 118 valence electrons. The van der Waals surface area contributed by atoms with E-state index in [0.717, 1.165) is 0 Å². The Labute approximate surface area is 122 Å².